The molecule has 2 bridgehead atoms. The van der Waals surface area contributed by atoms with E-state index in [4.69, 9.17) is 0 Å². The number of Topliss-reactive ketones (excluding diaryl/α,β-unsaturated/α-hetero) is 1. The van der Waals surface area contributed by atoms with Gasteiger partial charge in [-0.25, -0.2) is 0 Å². The molecule has 0 heterocycles. The third-order valence-corrected chi connectivity index (χ3v) is 7.82. The molecule has 1 spiro atoms. The zero-order chi connectivity index (χ0) is 14.2. The van der Waals surface area contributed by atoms with Crippen molar-refractivity contribution in [1.29, 1.82) is 0 Å². The highest BCUT2D eigenvalue weighted by Gasteiger charge is 2.69. The second kappa shape index (κ2) is 3.65. The quantitative estimate of drug-likeness (QED) is 0.669. The Balaban J connectivity index is 2.12. The van der Waals surface area contributed by atoms with E-state index in [0.717, 1.165) is 17.8 Å². The standard InChI is InChI=1S/C18H30O/c1-11-7-8-14-17(5,6)15-10-18(11,14)9-13(12(2)19)16(15,3)4/h11,13-15H,7-10H2,1-6H3. The van der Waals surface area contributed by atoms with Crippen molar-refractivity contribution in [1.82, 2.24) is 0 Å². The topological polar surface area (TPSA) is 17.1 Å². The van der Waals surface area contributed by atoms with E-state index in [0.29, 0.717) is 16.6 Å². The maximum absolute atomic E-state index is 12.2. The van der Waals surface area contributed by atoms with E-state index in [1.807, 2.05) is 6.92 Å². The summed E-state index contributed by atoms with van der Waals surface area (Å²) in [5.74, 6) is 3.11. The molecule has 3 rings (SSSR count). The Hall–Kier alpha value is -0.330. The maximum Gasteiger partial charge on any atom is 0.133 e. The van der Waals surface area contributed by atoms with Gasteiger partial charge < -0.3 is 0 Å². The van der Waals surface area contributed by atoms with Crippen molar-refractivity contribution in [2.45, 2.75) is 67.2 Å². The Morgan fingerprint density at radius 3 is 2.16 bits per heavy atom. The molecule has 0 radical (unpaired) electrons. The van der Waals surface area contributed by atoms with Crippen LogP contribution in [0.2, 0.25) is 0 Å². The van der Waals surface area contributed by atoms with E-state index in [-0.39, 0.29) is 11.3 Å². The smallest absolute Gasteiger partial charge is 0.133 e. The minimum Gasteiger partial charge on any atom is -0.300 e. The summed E-state index contributed by atoms with van der Waals surface area (Å²) in [5.41, 5.74) is 1.09. The summed E-state index contributed by atoms with van der Waals surface area (Å²) in [7, 11) is 0. The minimum atomic E-state index is 0.185. The van der Waals surface area contributed by atoms with Crippen LogP contribution < -0.4 is 0 Å². The largest absolute Gasteiger partial charge is 0.300 e. The molecule has 3 aliphatic carbocycles. The fourth-order valence-corrected chi connectivity index (χ4v) is 6.88. The molecular weight excluding hydrogens is 232 g/mol. The van der Waals surface area contributed by atoms with Crippen LogP contribution in [0, 0.1) is 39.9 Å². The van der Waals surface area contributed by atoms with Crippen LogP contribution in [0.1, 0.15) is 67.2 Å². The molecule has 0 aromatic rings. The van der Waals surface area contributed by atoms with Gasteiger partial charge in [0.2, 0.25) is 0 Å². The number of hydrogen-bond acceptors (Lipinski definition) is 1. The molecule has 0 aromatic carbocycles. The van der Waals surface area contributed by atoms with Crippen molar-refractivity contribution in [3.05, 3.63) is 0 Å². The molecule has 0 N–H and O–H groups in total. The fourth-order valence-electron chi connectivity index (χ4n) is 6.88. The van der Waals surface area contributed by atoms with Gasteiger partial charge in [0, 0.05) is 5.92 Å². The lowest BCUT2D eigenvalue weighted by Crippen LogP contribution is -2.46. The molecule has 108 valence electrons. The Kier molecular flexibility index (Phi) is 2.62. The summed E-state index contributed by atoms with van der Waals surface area (Å²) in [4.78, 5) is 12.2. The zero-order valence-electron chi connectivity index (χ0n) is 13.5. The Morgan fingerprint density at radius 1 is 0.947 bits per heavy atom. The molecule has 0 aliphatic heterocycles. The highest BCUT2D eigenvalue weighted by atomic mass is 16.1. The summed E-state index contributed by atoms with van der Waals surface area (Å²) >= 11 is 0. The number of ketones is 1. The Bertz CT molecular complexity index is 419. The molecular formula is C18H30O. The molecule has 3 aliphatic rings. The first-order valence-corrected chi connectivity index (χ1v) is 8.14. The lowest BCUT2D eigenvalue weighted by molar-refractivity contribution is -0.131. The van der Waals surface area contributed by atoms with E-state index in [9.17, 15) is 4.79 Å². The minimum absolute atomic E-state index is 0.185. The molecule has 3 fully saturated rings. The van der Waals surface area contributed by atoms with Crippen LogP contribution >= 0.6 is 0 Å². The lowest BCUT2D eigenvalue weighted by atomic mass is 9.54. The summed E-state index contributed by atoms with van der Waals surface area (Å²) in [6, 6.07) is 0. The summed E-state index contributed by atoms with van der Waals surface area (Å²) in [5, 5.41) is 0. The highest BCUT2D eigenvalue weighted by Crippen LogP contribution is 2.75. The maximum atomic E-state index is 12.2. The van der Waals surface area contributed by atoms with Crippen LogP contribution in [0.25, 0.3) is 0 Å². The van der Waals surface area contributed by atoms with Gasteiger partial charge in [-0.2, -0.15) is 0 Å². The molecule has 0 saturated heterocycles. The van der Waals surface area contributed by atoms with Crippen molar-refractivity contribution in [3.8, 4) is 0 Å². The van der Waals surface area contributed by atoms with Crippen LogP contribution in [0.3, 0.4) is 0 Å². The second-order valence-corrected chi connectivity index (χ2v) is 9.03. The average Bonchev–Trinajstić information content (AvgIpc) is 2.69. The molecule has 0 aromatic heterocycles. The Morgan fingerprint density at radius 2 is 1.58 bits per heavy atom. The SMILES string of the molecule is CC(=O)C1CC23CC(C1(C)C)C(C)(C)C2CCC3C. The van der Waals surface area contributed by atoms with Crippen LogP contribution in [0.4, 0.5) is 0 Å². The van der Waals surface area contributed by atoms with Crippen LogP contribution in [0.5, 0.6) is 0 Å². The van der Waals surface area contributed by atoms with Gasteiger partial charge in [-0.1, -0.05) is 34.6 Å². The first kappa shape index (κ1) is 13.6. The summed E-state index contributed by atoms with van der Waals surface area (Å²) in [6.07, 6.45) is 5.32. The number of carbonyl (C=O) groups is 1. The fraction of sp³-hybridized carbons (Fsp3) is 0.944. The monoisotopic (exact) mass is 262 g/mol. The summed E-state index contributed by atoms with van der Waals surface area (Å²) < 4.78 is 0. The van der Waals surface area contributed by atoms with Gasteiger partial charge in [0.15, 0.2) is 0 Å². The average molecular weight is 262 g/mol. The van der Waals surface area contributed by atoms with Gasteiger partial charge in [0.05, 0.1) is 0 Å². The Labute approximate surface area is 118 Å². The molecule has 19 heavy (non-hydrogen) atoms. The van der Waals surface area contributed by atoms with Crippen molar-refractivity contribution < 1.29 is 4.79 Å². The normalized spacial score (nSPS) is 50.0. The summed E-state index contributed by atoms with van der Waals surface area (Å²) in [6.45, 7) is 14.0. The number of rotatable bonds is 1. The van der Waals surface area contributed by atoms with E-state index < -0.39 is 0 Å². The first-order valence-electron chi connectivity index (χ1n) is 8.14. The van der Waals surface area contributed by atoms with Crippen LogP contribution in [-0.2, 0) is 4.79 Å². The van der Waals surface area contributed by atoms with Crippen LogP contribution in [-0.4, -0.2) is 5.78 Å². The van der Waals surface area contributed by atoms with E-state index in [1.54, 1.807) is 0 Å². The molecule has 5 unspecified atom stereocenters. The van der Waals surface area contributed by atoms with E-state index in [2.05, 4.69) is 34.6 Å². The number of carbonyl (C=O) groups excluding carboxylic acids is 1. The first-order chi connectivity index (χ1) is 8.64. The molecule has 0 amide bonds. The second-order valence-electron chi connectivity index (χ2n) is 9.03. The van der Waals surface area contributed by atoms with Crippen molar-refractivity contribution >= 4 is 5.78 Å². The number of fused-ring (bicyclic) bond motifs is 1. The third-order valence-electron chi connectivity index (χ3n) is 7.82. The molecule has 1 heteroatoms. The van der Waals surface area contributed by atoms with E-state index >= 15 is 0 Å². The van der Waals surface area contributed by atoms with Gasteiger partial charge in [-0.3, -0.25) is 4.79 Å². The van der Waals surface area contributed by atoms with Crippen molar-refractivity contribution in [3.63, 3.8) is 0 Å². The molecule has 5 atom stereocenters. The van der Waals surface area contributed by atoms with E-state index in [1.165, 1.54) is 25.7 Å². The van der Waals surface area contributed by atoms with Gasteiger partial charge in [-0.15, -0.1) is 0 Å². The highest BCUT2D eigenvalue weighted by molar-refractivity contribution is 5.79. The van der Waals surface area contributed by atoms with Gasteiger partial charge in [0.25, 0.3) is 0 Å². The van der Waals surface area contributed by atoms with Gasteiger partial charge in [-0.05, 0) is 66.6 Å². The molecule has 3 saturated carbocycles. The van der Waals surface area contributed by atoms with Crippen LogP contribution in [0.15, 0.2) is 0 Å². The van der Waals surface area contributed by atoms with Crippen molar-refractivity contribution in [2.24, 2.45) is 39.9 Å². The van der Waals surface area contributed by atoms with Gasteiger partial charge in [0.1, 0.15) is 5.78 Å². The van der Waals surface area contributed by atoms with Crippen molar-refractivity contribution in [2.75, 3.05) is 0 Å². The third kappa shape index (κ3) is 1.45. The predicted molar refractivity (Wildman–Crippen MR) is 78.8 cm³/mol. The zero-order valence-corrected chi connectivity index (χ0v) is 13.5. The lowest BCUT2D eigenvalue weighted by Gasteiger charge is -2.50. The number of hydrogen-bond donors (Lipinski definition) is 0. The predicted octanol–water partition coefficient (Wildman–Crippen LogP) is 4.70. The molecule has 1 nitrogen and oxygen atoms in total. The van der Waals surface area contributed by atoms with Gasteiger partial charge >= 0.3 is 0 Å².